The molecule has 0 saturated carbocycles. The Balaban J connectivity index is 1.45. The van der Waals surface area contributed by atoms with Gasteiger partial charge in [-0.1, -0.05) is 30.3 Å². The van der Waals surface area contributed by atoms with E-state index in [2.05, 4.69) is 47.5 Å². The molecule has 4 N–H and O–H groups in total. The first-order valence-electron chi connectivity index (χ1n) is 9.84. The third-order valence-electron chi connectivity index (χ3n) is 5.17. The van der Waals surface area contributed by atoms with E-state index in [9.17, 15) is 4.79 Å². The number of benzene rings is 2. The Morgan fingerprint density at radius 1 is 1.07 bits per heavy atom. The maximum absolute atomic E-state index is 12.3. The van der Waals surface area contributed by atoms with Gasteiger partial charge in [0.05, 0.1) is 0 Å². The SMILES string of the molecule is Nc1ncnc(N2CCCC(c3cccc(NC(=O)Nc4ccccc4)c3)C2)c1Br. The van der Waals surface area contributed by atoms with Crippen molar-refractivity contribution in [2.75, 3.05) is 34.4 Å². The van der Waals surface area contributed by atoms with E-state index in [0.717, 1.165) is 47.6 Å². The van der Waals surface area contributed by atoms with Gasteiger partial charge in [0, 0.05) is 30.4 Å². The average molecular weight is 467 g/mol. The number of carbonyl (C=O) groups is 1. The summed E-state index contributed by atoms with van der Waals surface area (Å²) >= 11 is 3.51. The summed E-state index contributed by atoms with van der Waals surface area (Å²) in [6.45, 7) is 1.75. The number of nitrogens with one attached hydrogen (secondary N) is 2. The first-order chi connectivity index (χ1) is 14.6. The Morgan fingerprint density at radius 2 is 1.83 bits per heavy atom. The molecule has 154 valence electrons. The molecule has 1 unspecified atom stereocenters. The van der Waals surface area contributed by atoms with E-state index in [1.54, 1.807) is 0 Å². The van der Waals surface area contributed by atoms with Crippen molar-refractivity contribution in [2.45, 2.75) is 18.8 Å². The molecule has 2 amide bonds. The largest absolute Gasteiger partial charge is 0.383 e. The van der Waals surface area contributed by atoms with Gasteiger partial charge in [0.1, 0.15) is 22.4 Å². The molecule has 2 heterocycles. The Bertz CT molecular complexity index is 1030. The number of nitrogens with zero attached hydrogens (tertiary/aromatic N) is 3. The van der Waals surface area contributed by atoms with Crippen LogP contribution >= 0.6 is 15.9 Å². The monoisotopic (exact) mass is 466 g/mol. The normalized spacial score (nSPS) is 16.2. The number of aromatic nitrogens is 2. The predicted octanol–water partition coefficient (Wildman–Crippen LogP) is 4.85. The number of nitrogen functional groups attached to an aromatic ring is 1. The highest BCUT2D eigenvalue weighted by molar-refractivity contribution is 9.10. The number of piperidine rings is 1. The van der Waals surface area contributed by atoms with Crippen LogP contribution in [-0.2, 0) is 0 Å². The van der Waals surface area contributed by atoms with Crippen molar-refractivity contribution in [2.24, 2.45) is 0 Å². The van der Waals surface area contributed by atoms with Gasteiger partial charge in [-0.3, -0.25) is 0 Å². The zero-order chi connectivity index (χ0) is 20.9. The summed E-state index contributed by atoms with van der Waals surface area (Å²) in [5.74, 6) is 1.60. The Hall–Kier alpha value is -3.13. The molecule has 0 spiro atoms. The number of urea groups is 1. The van der Waals surface area contributed by atoms with Gasteiger partial charge in [0.25, 0.3) is 0 Å². The standard InChI is InChI=1S/C22H23BrN6O/c23-19-20(24)25-14-26-21(19)29-11-5-7-16(13-29)15-6-4-10-18(12-15)28-22(30)27-17-8-2-1-3-9-17/h1-4,6,8-10,12,14,16H,5,7,11,13H2,(H2,24,25,26)(H2,27,28,30). The van der Waals surface area contributed by atoms with Crippen LogP contribution < -0.4 is 21.3 Å². The minimum Gasteiger partial charge on any atom is -0.383 e. The average Bonchev–Trinajstić information content (AvgIpc) is 2.76. The minimum absolute atomic E-state index is 0.260. The van der Waals surface area contributed by atoms with Crippen molar-refractivity contribution in [1.29, 1.82) is 0 Å². The van der Waals surface area contributed by atoms with Gasteiger partial charge in [-0.25, -0.2) is 14.8 Å². The second kappa shape index (κ2) is 9.13. The van der Waals surface area contributed by atoms with Gasteiger partial charge in [-0.2, -0.15) is 0 Å². The fourth-order valence-corrected chi connectivity index (χ4v) is 4.18. The molecular weight excluding hydrogens is 444 g/mol. The summed E-state index contributed by atoms with van der Waals surface area (Å²) in [5.41, 5.74) is 8.64. The van der Waals surface area contributed by atoms with E-state index >= 15 is 0 Å². The predicted molar refractivity (Wildman–Crippen MR) is 124 cm³/mol. The third-order valence-corrected chi connectivity index (χ3v) is 5.93. The van der Waals surface area contributed by atoms with Crippen LogP contribution in [0.2, 0.25) is 0 Å². The highest BCUT2D eigenvalue weighted by Gasteiger charge is 2.24. The summed E-state index contributed by atoms with van der Waals surface area (Å²) in [6, 6.07) is 17.2. The van der Waals surface area contributed by atoms with Gasteiger partial charge < -0.3 is 21.3 Å². The zero-order valence-corrected chi connectivity index (χ0v) is 18.0. The molecule has 1 aliphatic heterocycles. The van der Waals surface area contributed by atoms with E-state index in [-0.39, 0.29) is 6.03 Å². The van der Waals surface area contributed by atoms with Gasteiger partial charge >= 0.3 is 6.03 Å². The van der Waals surface area contributed by atoms with Crippen LogP contribution in [0.1, 0.15) is 24.3 Å². The Kier molecular flexibility index (Phi) is 6.13. The maximum Gasteiger partial charge on any atom is 0.323 e. The molecule has 0 aliphatic carbocycles. The molecule has 2 aromatic carbocycles. The van der Waals surface area contributed by atoms with Crippen LogP contribution in [0, 0.1) is 0 Å². The summed E-state index contributed by atoms with van der Waals surface area (Å²) in [4.78, 5) is 23.0. The first-order valence-corrected chi connectivity index (χ1v) is 10.6. The summed E-state index contributed by atoms with van der Waals surface area (Å²) in [7, 11) is 0. The highest BCUT2D eigenvalue weighted by Crippen LogP contribution is 2.34. The molecule has 1 saturated heterocycles. The fraction of sp³-hybridized carbons (Fsp3) is 0.227. The quantitative estimate of drug-likeness (QED) is 0.510. The molecule has 4 rings (SSSR count). The highest BCUT2D eigenvalue weighted by atomic mass is 79.9. The van der Waals surface area contributed by atoms with Gasteiger partial charge in [-0.15, -0.1) is 0 Å². The molecule has 3 aromatic rings. The lowest BCUT2D eigenvalue weighted by molar-refractivity contribution is 0.262. The molecular formula is C22H23BrN6O. The third kappa shape index (κ3) is 4.71. The summed E-state index contributed by atoms with van der Waals surface area (Å²) in [6.07, 6.45) is 3.62. The molecule has 0 bridgehead atoms. The molecule has 1 aliphatic rings. The number of carbonyl (C=O) groups excluding carboxylic acids is 1. The van der Waals surface area contributed by atoms with Gasteiger partial charge in [0.15, 0.2) is 0 Å². The van der Waals surface area contributed by atoms with Crippen LogP contribution in [0.15, 0.2) is 65.4 Å². The van der Waals surface area contributed by atoms with E-state index in [0.29, 0.717) is 11.7 Å². The Morgan fingerprint density at radius 3 is 2.67 bits per heavy atom. The van der Waals surface area contributed by atoms with Crippen LogP contribution in [-0.4, -0.2) is 29.1 Å². The van der Waals surface area contributed by atoms with Crippen molar-refractivity contribution >= 4 is 45.0 Å². The lowest BCUT2D eigenvalue weighted by Crippen LogP contribution is -2.35. The number of anilines is 4. The number of rotatable bonds is 4. The van der Waals surface area contributed by atoms with Crippen LogP contribution in [0.4, 0.5) is 27.8 Å². The molecule has 1 aromatic heterocycles. The van der Waals surface area contributed by atoms with Gasteiger partial charge in [-0.05, 0) is 58.6 Å². The number of hydrogen-bond donors (Lipinski definition) is 3. The van der Waals surface area contributed by atoms with Crippen molar-refractivity contribution in [3.8, 4) is 0 Å². The lowest BCUT2D eigenvalue weighted by atomic mass is 9.90. The van der Waals surface area contributed by atoms with Crippen molar-refractivity contribution in [3.63, 3.8) is 0 Å². The minimum atomic E-state index is -0.260. The second-order valence-electron chi connectivity index (χ2n) is 7.25. The number of halogens is 1. The van der Waals surface area contributed by atoms with E-state index < -0.39 is 0 Å². The maximum atomic E-state index is 12.3. The van der Waals surface area contributed by atoms with Crippen molar-refractivity contribution in [3.05, 3.63) is 71.0 Å². The number of nitrogens with two attached hydrogens (primary N) is 1. The van der Waals surface area contributed by atoms with Crippen molar-refractivity contribution in [1.82, 2.24) is 9.97 Å². The van der Waals surface area contributed by atoms with E-state index in [4.69, 9.17) is 5.73 Å². The number of amides is 2. The second-order valence-corrected chi connectivity index (χ2v) is 8.05. The molecule has 0 radical (unpaired) electrons. The molecule has 7 nitrogen and oxygen atoms in total. The van der Waals surface area contributed by atoms with E-state index in [1.807, 2.05) is 48.5 Å². The Labute approximate surface area is 183 Å². The van der Waals surface area contributed by atoms with E-state index in [1.165, 1.54) is 11.9 Å². The molecule has 8 heteroatoms. The number of hydrogen-bond acceptors (Lipinski definition) is 5. The summed E-state index contributed by atoms with van der Waals surface area (Å²) < 4.78 is 0.735. The molecule has 1 fully saturated rings. The fourth-order valence-electron chi connectivity index (χ4n) is 3.72. The zero-order valence-electron chi connectivity index (χ0n) is 16.4. The van der Waals surface area contributed by atoms with Gasteiger partial charge in [0.2, 0.25) is 0 Å². The smallest absolute Gasteiger partial charge is 0.323 e. The van der Waals surface area contributed by atoms with Crippen LogP contribution in [0.5, 0.6) is 0 Å². The number of para-hydroxylation sites is 1. The molecule has 30 heavy (non-hydrogen) atoms. The topological polar surface area (TPSA) is 96.2 Å². The first kappa shape index (κ1) is 20.2. The lowest BCUT2D eigenvalue weighted by Gasteiger charge is -2.34. The molecule has 1 atom stereocenters. The van der Waals surface area contributed by atoms with Crippen LogP contribution in [0.3, 0.4) is 0 Å². The van der Waals surface area contributed by atoms with Crippen LogP contribution in [0.25, 0.3) is 0 Å². The van der Waals surface area contributed by atoms with Crippen molar-refractivity contribution < 1.29 is 4.79 Å². The summed E-state index contributed by atoms with van der Waals surface area (Å²) in [5, 5.41) is 5.76.